The molecule has 16 heavy (non-hydrogen) atoms. The summed E-state index contributed by atoms with van der Waals surface area (Å²) in [6.45, 7) is 6.05. The minimum Gasteiger partial charge on any atom is -0.396 e. The van der Waals surface area contributed by atoms with Gasteiger partial charge < -0.3 is 10.4 Å². The number of nitrogens with one attached hydrogen (secondary N) is 1. The number of hydrogen-bond acceptors (Lipinski definition) is 4. The minimum absolute atomic E-state index is 0.195. The maximum Gasteiger partial charge on any atom is 0.0964 e. The van der Waals surface area contributed by atoms with Crippen LogP contribution in [0.25, 0.3) is 0 Å². The highest BCUT2D eigenvalue weighted by Crippen LogP contribution is 1.98. The van der Waals surface area contributed by atoms with Crippen molar-refractivity contribution in [3.05, 3.63) is 11.9 Å². The van der Waals surface area contributed by atoms with Crippen LogP contribution in [-0.4, -0.2) is 32.7 Å². The van der Waals surface area contributed by atoms with E-state index in [2.05, 4.69) is 29.5 Å². The Morgan fingerprint density at radius 1 is 1.56 bits per heavy atom. The van der Waals surface area contributed by atoms with Crippen LogP contribution < -0.4 is 5.32 Å². The van der Waals surface area contributed by atoms with E-state index in [9.17, 15) is 0 Å². The SMILES string of the molecule is CCCC(C)NCc1cn(CCCO)nn1. The predicted molar refractivity (Wildman–Crippen MR) is 62.9 cm³/mol. The maximum absolute atomic E-state index is 8.70. The molecule has 0 aromatic carbocycles. The highest BCUT2D eigenvalue weighted by Gasteiger charge is 2.03. The lowest BCUT2D eigenvalue weighted by Crippen LogP contribution is -2.25. The fourth-order valence-electron chi connectivity index (χ4n) is 1.58. The molecule has 0 bridgehead atoms. The van der Waals surface area contributed by atoms with Gasteiger partial charge in [-0.2, -0.15) is 0 Å². The molecule has 2 N–H and O–H groups in total. The molecule has 1 rings (SSSR count). The average molecular weight is 226 g/mol. The molecule has 0 amide bonds. The summed E-state index contributed by atoms with van der Waals surface area (Å²) < 4.78 is 1.78. The van der Waals surface area contributed by atoms with Crippen molar-refractivity contribution < 1.29 is 5.11 Å². The number of aryl methyl sites for hydroxylation is 1. The van der Waals surface area contributed by atoms with Crippen LogP contribution in [0.4, 0.5) is 0 Å². The Balaban J connectivity index is 2.28. The normalized spacial score (nSPS) is 12.9. The fraction of sp³-hybridized carbons (Fsp3) is 0.818. The van der Waals surface area contributed by atoms with Gasteiger partial charge in [0.15, 0.2) is 0 Å². The summed E-state index contributed by atoms with van der Waals surface area (Å²) in [6.07, 6.45) is 5.03. The van der Waals surface area contributed by atoms with Gasteiger partial charge in [-0.1, -0.05) is 18.6 Å². The summed E-state index contributed by atoms with van der Waals surface area (Å²) in [7, 11) is 0. The molecule has 1 heterocycles. The molecule has 0 saturated carbocycles. The van der Waals surface area contributed by atoms with Crippen LogP contribution in [-0.2, 0) is 13.1 Å². The van der Waals surface area contributed by atoms with Crippen LogP contribution in [0.3, 0.4) is 0 Å². The summed E-state index contributed by atoms with van der Waals surface area (Å²) >= 11 is 0. The van der Waals surface area contributed by atoms with Gasteiger partial charge in [-0.25, -0.2) is 0 Å². The minimum atomic E-state index is 0.195. The van der Waals surface area contributed by atoms with Crippen molar-refractivity contribution in [2.75, 3.05) is 6.61 Å². The maximum atomic E-state index is 8.70. The van der Waals surface area contributed by atoms with Gasteiger partial charge in [-0.05, 0) is 19.8 Å². The summed E-state index contributed by atoms with van der Waals surface area (Å²) in [4.78, 5) is 0. The molecule has 5 heteroatoms. The molecule has 5 nitrogen and oxygen atoms in total. The van der Waals surface area contributed by atoms with Crippen molar-refractivity contribution in [2.24, 2.45) is 0 Å². The van der Waals surface area contributed by atoms with Gasteiger partial charge in [0.05, 0.1) is 5.69 Å². The van der Waals surface area contributed by atoms with E-state index in [1.165, 1.54) is 12.8 Å². The lowest BCUT2D eigenvalue weighted by molar-refractivity contribution is 0.276. The zero-order chi connectivity index (χ0) is 11.8. The second kappa shape index (κ2) is 7.35. The van der Waals surface area contributed by atoms with Crippen molar-refractivity contribution in [3.8, 4) is 0 Å². The van der Waals surface area contributed by atoms with Crippen molar-refractivity contribution in [1.29, 1.82) is 0 Å². The number of rotatable bonds is 8. The first kappa shape index (κ1) is 13.1. The molecule has 0 aliphatic carbocycles. The lowest BCUT2D eigenvalue weighted by Gasteiger charge is -2.10. The number of aliphatic hydroxyl groups is 1. The molecule has 0 fully saturated rings. The van der Waals surface area contributed by atoms with Crippen LogP contribution >= 0.6 is 0 Å². The van der Waals surface area contributed by atoms with Gasteiger partial charge >= 0.3 is 0 Å². The average Bonchev–Trinajstić information content (AvgIpc) is 2.72. The molecule has 0 aliphatic rings. The van der Waals surface area contributed by atoms with E-state index in [1.807, 2.05) is 6.20 Å². The number of aromatic nitrogens is 3. The van der Waals surface area contributed by atoms with Gasteiger partial charge in [0.1, 0.15) is 0 Å². The van der Waals surface area contributed by atoms with Gasteiger partial charge in [0.2, 0.25) is 0 Å². The summed E-state index contributed by atoms with van der Waals surface area (Å²) in [5, 5.41) is 20.2. The Kier molecular flexibility index (Phi) is 6.03. The lowest BCUT2D eigenvalue weighted by atomic mass is 10.2. The molecule has 92 valence electrons. The molecule has 0 saturated heterocycles. The molecule has 0 aliphatic heterocycles. The van der Waals surface area contributed by atoms with Gasteiger partial charge in [-0.15, -0.1) is 5.10 Å². The van der Waals surface area contributed by atoms with Crippen LogP contribution in [0.1, 0.15) is 38.8 Å². The monoisotopic (exact) mass is 226 g/mol. The zero-order valence-electron chi connectivity index (χ0n) is 10.2. The summed E-state index contributed by atoms with van der Waals surface area (Å²) in [6, 6.07) is 0.521. The highest BCUT2D eigenvalue weighted by molar-refractivity contribution is 4.91. The summed E-state index contributed by atoms with van der Waals surface area (Å²) in [5.41, 5.74) is 0.959. The Morgan fingerprint density at radius 3 is 3.06 bits per heavy atom. The fourth-order valence-corrected chi connectivity index (χ4v) is 1.58. The topological polar surface area (TPSA) is 63.0 Å². The van der Waals surface area contributed by atoms with E-state index < -0.39 is 0 Å². The molecule has 0 radical (unpaired) electrons. The van der Waals surface area contributed by atoms with Gasteiger partial charge in [0.25, 0.3) is 0 Å². The third-order valence-corrected chi connectivity index (χ3v) is 2.48. The second-order valence-corrected chi connectivity index (χ2v) is 4.12. The molecule has 1 unspecified atom stereocenters. The van der Waals surface area contributed by atoms with Crippen LogP contribution in [0.5, 0.6) is 0 Å². The van der Waals surface area contributed by atoms with Gasteiger partial charge in [-0.3, -0.25) is 4.68 Å². The smallest absolute Gasteiger partial charge is 0.0964 e. The van der Waals surface area contributed by atoms with Crippen LogP contribution in [0.15, 0.2) is 6.20 Å². The van der Waals surface area contributed by atoms with E-state index >= 15 is 0 Å². The molecule has 1 aromatic heterocycles. The Bertz CT molecular complexity index is 287. The van der Waals surface area contributed by atoms with Crippen LogP contribution in [0.2, 0.25) is 0 Å². The first-order valence-electron chi connectivity index (χ1n) is 5.99. The summed E-state index contributed by atoms with van der Waals surface area (Å²) in [5.74, 6) is 0. The van der Waals surface area contributed by atoms with Gasteiger partial charge in [0, 0.05) is 31.9 Å². The number of aliphatic hydroxyl groups excluding tert-OH is 1. The van der Waals surface area contributed by atoms with E-state index in [4.69, 9.17) is 5.11 Å². The van der Waals surface area contributed by atoms with E-state index in [-0.39, 0.29) is 6.61 Å². The van der Waals surface area contributed by atoms with Crippen molar-refractivity contribution in [1.82, 2.24) is 20.3 Å². The third kappa shape index (κ3) is 4.72. The third-order valence-electron chi connectivity index (χ3n) is 2.48. The van der Waals surface area contributed by atoms with E-state index in [0.717, 1.165) is 25.2 Å². The van der Waals surface area contributed by atoms with Crippen LogP contribution in [0, 0.1) is 0 Å². The zero-order valence-corrected chi connectivity index (χ0v) is 10.2. The predicted octanol–water partition coefficient (Wildman–Crippen LogP) is 0.939. The Hall–Kier alpha value is -0.940. The molecule has 1 aromatic rings. The standard InChI is InChI=1S/C11H22N4O/c1-3-5-10(2)12-8-11-9-15(14-13-11)6-4-7-16/h9-10,12,16H,3-8H2,1-2H3. The Labute approximate surface area is 96.9 Å². The van der Waals surface area contributed by atoms with E-state index in [1.54, 1.807) is 4.68 Å². The molecule has 0 spiro atoms. The van der Waals surface area contributed by atoms with Crippen molar-refractivity contribution in [3.63, 3.8) is 0 Å². The van der Waals surface area contributed by atoms with Crippen molar-refractivity contribution >= 4 is 0 Å². The Morgan fingerprint density at radius 2 is 2.38 bits per heavy atom. The quantitative estimate of drug-likeness (QED) is 0.692. The number of hydrogen-bond donors (Lipinski definition) is 2. The molecular formula is C11H22N4O. The highest BCUT2D eigenvalue weighted by atomic mass is 16.3. The second-order valence-electron chi connectivity index (χ2n) is 4.12. The van der Waals surface area contributed by atoms with E-state index in [0.29, 0.717) is 6.04 Å². The van der Waals surface area contributed by atoms with Crippen molar-refractivity contribution in [2.45, 2.75) is 52.2 Å². The first-order valence-corrected chi connectivity index (χ1v) is 5.99. The largest absolute Gasteiger partial charge is 0.396 e. The molecular weight excluding hydrogens is 204 g/mol. The molecule has 1 atom stereocenters. The first-order chi connectivity index (χ1) is 7.76. The number of nitrogens with zero attached hydrogens (tertiary/aromatic N) is 3.